The van der Waals surface area contributed by atoms with Crippen LogP contribution in [0, 0.1) is 6.92 Å². The van der Waals surface area contributed by atoms with E-state index >= 15 is 0 Å². The molecule has 3 aliphatic rings. The van der Waals surface area contributed by atoms with E-state index in [9.17, 15) is 14.4 Å². The number of amides is 3. The number of carbonyl (C=O) groups excluding carboxylic acids is 3. The van der Waals surface area contributed by atoms with E-state index in [2.05, 4.69) is 10.2 Å². The van der Waals surface area contributed by atoms with Gasteiger partial charge in [-0.15, -0.1) is 0 Å². The van der Waals surface area contributed by atoms with Crippen molar-refractivity contribution in [1.29, 1.82) is 0 Å². The van der Waals surface area contributed by atoms with Gasteiger partial charge in [0.1, 0.15) is 12.6 Å². The van der Waals surface area contributed by atoms with Crippen LogP contribution in [0.1, 0.15) is 60.0 Å². The van der Waals surface area contributed by atoms with Gasteiger partial charge in [-0.25, -0.2) is 0 Å². The highest BCUT2D eigenvalue weighted by Gasteiger charge is 2.40. The number of likely N-dealkylation sites (tertiary alicyclic amines) is 1. The molecular formula is C28H34N4O3. The van der Waals surface area contributed by atoms with Crippen molar-refractivity contribution in [3.8, 4) is 0 Å². The molecule has 5 rings (SSSR count). The molecule has 2 aromatic rings. The summed E-state index contributed by atoms with van der Waals surface area (Å²) in [6.45, 7) is 4.75. The Kier molecular flexibility index (Phi) is 6.75. The third-order valence-electron chi connectivity index (χ3n) is 7.43. The van der Waals surface area contributed by atoms with Gasteiger partial charge in [-0.2, -0.15) is 0 Å². The first kappa shape index (κ1) is 23.4. The number of hydrogen-bond acceptors (Lipinski definition) is 4. The summed E-state index contributed by atoms with van der Waals surface area (Å²) in [4.78, 5) is 45.4. The van der Waals surface area contributed by atoms with Crippen molar-refractivity contribution in [2.24, 2.45) is 0 Å². The Morgan fingerprint density at radius 1 is 0.914 bits per heavy atom. The first-order valence-corrected chi connectivity index (χ1v) is 12.8. The number of anilines is 2. The maximum absolute atomic E-state index is 13.6. The minimum atomic E-state index is -0.246. The number of benzene rings is 2. The van der Waals surface area contributed by atoms with E-state index in [1.165, 1.54) is 5.56 Å². The molecule has 0 radical (unpaired) electrons. The highest BCUT2D eigenvalue weighted by atomic mass is 16.2. The summed E-state index contributed by atoms with van der Waals surface area (Å²) >= 11 is 0. The van der Waals surface area contributed by atoms with Crippen LogP contribution in [0.2, 0.25) is 0 Å². The van der Waals surface area contributed by atoms with Crippen LogP contribution in [0.4, 0.5) is 11.4 Å². The van der Waals surface area contributed by atoms with Crippen molar-refractivity contribution in [1.82, 2.24) is 10.2 Å². The van der Waals surface area contributed by atoms with Crippen LogP contribution in [-0.2, 0) is 16.1 Å². The van der Waals surface area contributed by atoms with Gasteiger partial charge in [0.05, 0.1) is 11.4 Å². The SMILES string of the molecule is Cc1ccc(CNC(=O)CN2C(=O)[C@@H]3CCCCN3c3ccc(C(=O)N4CCCCC4)cc32)cc1. The third-order valence-corrected chi connectivity index (χ3v) is 7.43. The van der Waals surface area contributed by atoms with Gasteiger partial charge in [-0.1, -0.05) is 29.8 Å². The molecule has 0 saturated carbocycles. The molecule has 0 aromatic heterocycles. The Bertz CT molecular complexity index is 1110. The van der Waals surface area contributed by atoms with Crippen LogP contribution in [-0.4, -0.2) is 54.8 Å². The normalized spacial score (nSPS) is 19.7. The summed E-state index contributed by atoms with van der Waals surface area (Å²) in [5, 5.41) is 2.96. The van der Waals surface area contributed by atoms with Gasteiger partial charge >= 0.3 is 0 Å². The number of rotatable bonds is 5. The van der Waals surface area contributed by atoms with Crippen molar-refractivity contribution in [2.45, 2.75) is 58.0 Å². The quantitative estimate of drug-likeness (QED) is 0.718. The standard InChI is InChI=1S/C28H34N4O3/c1-20-8-10-21(11-9-20)18-29-26(33)19-32-25-17-22(27(34)30-14-4-2-5-15-30)12-13-23(25)31-16-6-3-7-24(31)28(32)35/h8-13,17,24H,2-7,14-16,18-19H2,1H3,(H,29,33)/t24-/m0/s1. The molecule has 2 saturated heterocycles. The van der Waals surface area contributed by atoms with Crippen LogP contribution in [0.25, 0.3) is 0 Å². The van der Waals surface area contributed by atoms with E-state index in [0.717, 1.165) is 69.4 Å². The predicted octanol–water partition coefficient (Wildman–Crippen LogP) is 3.64. The van der Waals surface area contributed by atoms with Crippen molar-refractivity contribution in [3.63, 3.8) is 0 Å². The first-order valence-electron chi connectivity index (χ1n) is 12.8. The van der Waals surface area contributed by atoms with Crippen LogP contribution in [0.15, 0.2) is 42.5 Å². The smallest absolute Gasteiger partial charge is 0.253 e. The van der Waals surface area contributed by atoms with Gasteiger partial charge in [-0.05, 0) is 69.2 Å². The second-order valence-electron chi connectivity index (χ2n) is 9.95. The van der Waals surface area contributed by atoms with E-state index in [1.54, 1.807) is 4.90 Å². The number of hydrogen-bond donors (Lipinski definition) is 1. The lowest BCUT2D eigenvalue weighted by atomic mass is 9.95. The van der Waals surface area contributed by atoms with Gasteiger partial charge < -0.3 is 15.1 Å². The number of fused-ring (bicyclic) bond motifs is 3. The Morgan fingerprint density at radius 3 is 2.43 bits per heavy atom. The highest BCUT2D eigenvalue weighted by Crippen LogP contribution is 2.40. The van der Waals surface area contributed by atoms with Gasteiger partial charge in [0.25, 0.3) is 5.91 Å². The average Bonchev–Trinajstić information content (AvgIpc) is 2.90. The molecular weight excluding hydrogens is 440 g/mol. The molecule has 0 unspecified atom stereocenters. The molecule has 184 valence electrons. The van der Waals surface area contributed by atoms with E-state index < -0.39 is 0 Å². The lowest BCUT2D eigenvalue weighted by Gasteiger charge is -2.45. The van der Waals surface area contributed by atoms with Gasteiger partial charge in [-0.3, -0.25) is 19.3 Å². The number of piperidine rings is 2. The molecule has 2 fully saturated rings. The predicted molar refractivity (Wildman–Crippen MR) is 137 cm³/mol. The minimum absolute atomic E-state index is 0.00416. The van der Waals surface area contributed by atoms with Crippen molar-refractivity contribution in [2.75, 3.05) is 36.0 Å². The fourth-order valence-corrected chi connectivity index (χ4v) is 5.44. The molecule has 7 nitrogen and oxygen atoms in total. The summed E-state index contributed by atoms with van der Waals surface area (Å²) in [7, 11) is 0. The molecule has 3 heterocycles. The first-order chi connectivity index (χ1) is 17.0. The fraction of sp³-hybridized carbons (Fsp3) is 0.464. The zero-order valence-corrected chi connectivity index (χ0v) is 20.5. The molecule has 35 heavy (non-hydrogen) atoms. The average molecular weight is 475 g/mol. The number of carbonyl (C=O) groups is 3. The minimum Gasteiger partial charge on any atom is -0.358 e. The summed E-state index contributed by atoms with van der Waals surface area (Å²) in [6.07, 6.45) is 6.03. The number of nitrogens with zero attached hydrogens (tertiary/aromatic N) is 3. The molecule has 3 aliphatic heterocycles. The molecule has 2 aromatic carbocycles. The van der Waals surface area contributed by atoms with Crippen LogP contribution in [0.3, 0.4) is 0 Å². The van der Waals surface area contributed by atoms with Crippen molar-refractivity contribution >= 4 is 29.1 Å². The number of nitrogens with one attached hydrogen (secondary N) is 1. The molecule has 0 bridgehead atoms. The Morgan fingerprint density at radius 2 is 1.66 bits per heavy atom. The van der Waals surface area contributed by atoms with Gasteiger partial charge in [0.15, 0.2) is 0 Å². The van der Waals surface area contributed by atoms with E-state index in [-0.39, 0.29) is 30.3 Å². The Hall–Kier alpha value is -3.35. The van der Waals surface area contributed by atoms with Crippen LogP contribution < -0.4 is 15.1 Å². The summed E-state index contributed by atoms with van der Waals surface area (Å²) in [5.74, 6) is -0.253. The van der Waals surface area contributed by atoms with E-state index in [0.29, 0.717) is 17.8 Å². The molecule has 1 atom stereocenters. The number of aryl methyl sites for hydroxylation is 1. The topological polar surface area (TPSA) is 73.0 Å². The van der Waals surface area contributed by atoms with Crippen LogP contribution in [0.5, 0.6) is 0 Å². The molecule has 3 amide bonds. The van der Waals surface area contributed by atoms with E-state index in [4.69, 9.17) is 0 Å². The van der Waals surface area contributed by atoms with Crippen molar-refractivity contribution in [3.05, 3.63) is 59.2 Å². The lowest BCUT2D eigenvalue weighted by Crippen LogP contribution is -2.57. The van der Waals surface area contributed by atoms with E-state index in [1.807, 2.05) is 54.3 Å². The third kappa shape index (κ3) is 4.90. The summed E-state index contributed by atoms with van der Waals surface area (Å²) < 4.78 is 0. The maximum Gasteiger partial charge on any atom is 0.253 e. The second-order valence-corrected chi connectivity index (χ2v) is 9.95. The van der Waals surface area contributed by atoms with Gasteiger partial charge in [0, 0.05) is 31.7 Å². The van der Waals surface area contributed by atoms with Crippen molar-refractivity contribution < 1.29 is 14.4 Å². The Balaban J connectivity index is 1.39. The summed E-state index contributed by atoms with van der Waals surface area (Å²) in [5.41, 5.74) is 4.38. The Labute approximate surface area is 207 Å². The fourth-order valence-electron chi connectivity index (χ4n) is 5.44. The zero-order valence-electron chi connectivity index (χ0n) is 20.5. The second kappa shape index (κ2) is 10.1. The molecule has 0 spiro atoms. The largest absolute Gasteiger partial charge is 0.358 e. The molecule has 0 aliphatic carbocycles. The monoisotopic (exact) mass is 474 g/mol. The molecule has 1 N–H and O–H groups in total. The van der Waals surface area contributed by atoms with Crippen LogP contribution >= 0.6 is 0 Å². The lowest BCUT2D eigenvalue weighted by molar-refractivity contribution is -0.125. The molecule has 7 heteroatoms. The maximum atomic E-state index is 13.6. The van der Waals surface area contributed by atoms with Gasteiger partial charge in [0.2, 0.25) is 11.8 Å². The highest BCUT2D eigenvalue weighted by molar-refractivity contribution is 6.09. The summed E-state index contributed by atoms with van der Waals surface area (Å²) in [6, 6.07) is 13.5. The zero-order chi connectivity index (χ0) is 24.4.